The van der Waals surface area contributed by atoms with Crippen molar-refractivity contribution in [3.63, 3.8) is 0 Å². The Morgan fingerprint density at radius 3 is 2.12 bits per heavy atom. The Bertz CT molecular complexity index is 1450. The van der Waals surface area contributed by atoms with Crippen molar-refractivity contribution >= 4 is 24.4 Å². The van der Waals surface area contributed by atoms with Crippen molar-refractivity contribution in [2.75, 3.05) is 6.61 Å². The minimum absolute atomic E-state index is 0.000226. The smallest absolute Gasteiger partial charge is 0.299 e. The molecular formula is C33H44N2O5SSi. The predicted octanol–water partition coefficient (Wildman–Crippen LogP) is 7.54. The van der Waals surface area contributed by atoms with Crippen LogP contribution in [0.5, 0.6) is 5.75 Å². The highest BCUT2D eigenvalue weighted by Gasteiger charge is 2.48. The van der Waals surface area contributed by atoms with E-state index in [9.17, 15) is 8.42 Å². The molecule has 1 aliphatic heterocycles. The first-order chi connectivity index (χ1) is 19.7. The minimum atomic E-state index is -3.86. The van der Waals surface area contributed by atoms with Crippen molar-refractivity contribution in [3.05, 3.63) is 102 Å². The molecule has 1 N–H and O–H groups in total. The van der Waals surface area contributed by atoms with Gasteiger partial charge < -0.3 is 13.9 Å². The summed E-state index contributed by atoms with van der Waals surface area (Å²) in [7, 11) is -5.81. The minimum Gasteiger partial charge on any atom is -0.489 e. The summed E-state index contributed by atoms with van der Waals surface area (Å²) in [5, 5.41) is -0.849. The molecule has 0 aromatic heterocycles. The van der Waals surface area contributed by atoms with Crippen LogP contribution >= 0.6 is 0 Å². The first kappa shape index (κ1) is 31.8. The lowest BCUT2D eigenvalue weighted by atomic mass is 9.97. The van der Waals surface area contributed by atoms with Gasteiger partial charge in [0.25, 0.3) is 6.02 Å². The van der Waals surface area contributed by atoms with Crippen LogP contribution < -0.4 is 9.46 Å². The van der Waals surface area contributed by atoms with Gasteiger partial charge in [0.15, 0.2) is 8.32 Å². The molecular weight excluding hydrogens is 565 g/mol. The highest BCUT2D eigenvalue weighted by Crippen LogP contribution is 2.40. The van der Waals surface area contributed by atoms with Crippen molar-refractivity contribution in [2.45, 2.75) is 82.7 Å². The van der Waals surface area contributed by atoms with E-state index in [2.05, 4.69) is 38.6 Å². The van der Waals surface area contributed by atoms with Crippen LogP contribution in [0.3, 0.4) is 0 Å². The Morgan fingerprint density at radius 1 is 0.952 bits per heavy atom. The standard InChI is InChI=1S/C33H44N2O5SSi/c1-32(2,3)42(6,7)39-23-22-29(26-16-12-9-13-17-26)34-31-35-41(36,37)30(33(4,5)40-31)27-18-20-28(21-19-27)38-24-25-14-10-8-11-15-25/h8-21,29-30H,22-24H2,1-7H3,(H,34,35). The monoisotopic (exact) mass is 608 g/mol. The van der Waals surface area contributed by atoms with Crippen molar-refractivity contribution in [1.29, 1.82) is 0 Å². The summed E-state index contributed by atoms with van der Waals surface area (Å²) < 4.78 is 48.5. The van der Waals surface area contributed by atoms with Crippen LogP contribution in [0.15, 0.2) is 89.9 Å². The fourth-order valence-electron chi connectivity index (χ4n) is 4.76. The summed E-state index contributed by atoms with van der Waals surface area (Å²) in [6, 6.07) is 26.6. The third kappa shape index (κ3) is 7.82. The zero-order chi connectivity index (χ0) is 30.6. The van der Waals surface area contributed by atoms with E-state index in [0.29, 0.717) is 30.9 Å². The number of sulfonamides is 1. The normalized spacial score (nSPS) is 19.9. The second kappa shape index (κ2) is 12.6. The van der Waals surface area contributed by atoms with Crippen molar-refractivity contribution in [1.82, 2.24) is 4.72 Å². The summed E-state index contributed by atoms with van der Waals surface area (Å²) in [5.74, 6) is 0.662. The molecule has 3 aromatic carbocycles. The topological polar surface area (TPSA) is 86.2 Å². The molecule has 0 aliphatic carbocycles. The summed E-state index contributed by atoms with van der Waals surface area (Å²) in [6.45, 7) is 15.6. The molecule has 1 fully saturated rings. The molecule has 0 amide bonds. The van der Waals surface area contributed by atoms with Crippen LogP contribution in [-0.2, 0) is 25.8 Å². The average Bonchev–Trinajstić information content (AvgIpc) is 2.91. The number of amidine groups is 1. The molecule has 9 heteroatoms. The number of nitrogens with one attached hydrogen (secondary N) is 1. The van der Waals surface area contributed by atoms with E-state index in [4.69, 9.17) is 18.9 Å². The fourth-order valence-corrected chi connectivity index (χ4v) is 7.58. The van der Waals surface area contributed by atoms with Gasteiger partial charge in [0.05, 0.1) is 6.04 Å². The molecule has 0 saturated carbocycles. The van der Waals surface area contributed by atoms with Crippen molar-refractivity contribution in [3.8, 4) is 5.75 Å². The maximum absolute atomic E-state index is 13.7. The molecule has 2 atom stereocenters. The number of rotatable bonds is 10. The van der Waals surface area contributed by atoms with E-state index in [1.54, 1.807) is 38.1 Å². The molecule has 0 spiro atoms. The van der Waals surface area contributed by atoms with Gasteiger partial charge in [0, 0.05) is 6.61 Å². The third-order valence-electron chi connectivity index (χ3n) is 8.08. The summed E-state index contributed by atoms with van der Waals surface area (Å²) in [5.41, 5.74) is 1.56. The number of nitrogens with zero attached hydrogens (tertiary/aromatic N) is 1. The first-order valence-corrected chi connectivity index (χ1v) is 18.9. The molecule has 0 radical (unpaired) electrons. The van der Waals surface area contributed by atoms with Gasteiger partial charge >= 0.3 is 0 Å². The summed E-state index contributed by atoms with van der Waals surface area (Å²) >= 11 is 0. The highest BCUT2D eigenvalue weighted by atomic mass is 32.2. The van der Waals surface area contributed by atoms with E-state index in [1.807, 2.05) is 60.7 Å². The fraction of sp³-hybridized carbons (Fsp3) is 0.424. The number of aliphatic imine (C=N–C) groups is 1. The zero-order valence-corrected chi connectivity index (χ0v) is 27.6. The van der Waals surface area contributed by atoms with Crippen molar-refractivity contribution in [2.24, 2.45) is 4.99 Å². The van der Waals surface area contributed by atoms with Crippen LogP contribution in [0.25, 0.3) is 0 Å². The molecule has 226 valence electrons. The Kier molecular flexibility index (Phi) is 9.54. The first-order valence-electron chi connectivity index (χ1n) is 14.4. The molecule has 1 aliphatic rings. The van der Waals surface area contributed by atoms with Gasteiger partial charge in [-0.2, -0.15) is 0 Å². The number of ether oxygens (including phenoxy) is 2. The SMILES string of the molecule is CC1(C)OC(=NC(CCO[Si](C)(C)C(C)(C)C)c2ccccc2)NS(=O)(=O)C1c1ccc(OCc2ccccc2)cc1. The number of hydrogen-bond acceptors (Lipinski definition) is 6. The van der Waals surface area contributed by atoms with Gasteiger partial charge in [0.1, 0.15) is 23.2 Å². The molecule has 2 unspecified atom stereocenters. The Morgan fingerprint density at radius 2 is 1.55 bits per heavy atom. The average molecular weight is 609 g/mol. The van der Waals surface area contributed by atoms with E-state index in [1.165, 1.54) is 0 Å². The van der Waals surface area contributed by atoms with Gasteiger partial charge in [0.2, 0.25) is 10.0 Å². The van der Waals surface area contributed by atoms with E-state index >= 15 is 0 Å². The summed E-state index contributed by atoms with van der Waals surface area (Å²) in [6.07, 6.45) is 0.597. The maximum atomic E-state index is 13.7. The lowest BCUT2D eigenvalue weighted by Gasteiger charge is -2.39. The lowest BCUT2D eigenvalue weighted by molar-refractivity contribution is 0.0758. The zero-order valence-electron chi connectivity index (χ0n) is 25.8. The van der Waals surface area contributed by atoms with E-state index in [-0.39, 0.29) is 17.1 Å². The quantitative estimate of drug-likeness (QED) is 0.240. The molecule has 7 nitrogen and oxygen atoms in total. The number of hydrogen-bond donors (Lipinski definition) is 1. The van der Waals surface area contributed by atoms with Gasteiger partial charge in [-0.1, -0.05) is 93.6 Å². The molecule has 4 rings (SSSR count). The van der Waals surface area contributed by atoms with Crippen LogP contribution in [0.1, 0.15) is 69.0 Å². The second-order valence-corrected chi connectivity index (χ2v) is 19.4. The number of benzene rings is 3. The Balaban J connectivity index is 1.51. The van der Waals surface area contributed by atoms with Gasteiger partial charge in [-0.3, -0.25) is 0 Å². The predicted molar refractivity (Wildman–Crippen MR) is 172 cm³/mol. The molecule has 1 heterocycles. The van der Waals surface area contributed by atoms with Crippen LogP contribution in [0.2, 0.25) is 18.1 Å². The molecule has 0 bridgehead atoms. The molecule has 1 saturated heterocycles. The maximum Gasteiger partial charge on any atom is 0.299 e. The lowest BCUT2D eigenvalue weighted by Crippen LogP contribution is -2.53. The third-order valence-corrected chi connectivity index (χ3v) is 14.5. The van der Waals surface area contributed by atoms with Crippen LogP contribution in [0.4, 0.5) is 0 Å². The van der Waals surface area contributed by atoms with Crippen molar-refractivity contribution < 1.29 is 22.3 Å². The Labute approximate surface area is 252 Å². The highest BCUT2D eigenvalue weighted by molar-refractivity contribution is 7.90. The van der Waals surface area contributed by atoms with E-state index in [0.717, 1.165) is 11.1 Å². The molecule has 3 aromatic rings. The van der Waals surface area contributed by atoms with Gasteiger partial charge in [-0.25, -0.2) is 18.1 Å². The van der Waals surface area contributed by atoms with Gasteiger partial charge in [-0.15, -0.1) is 0 Å². The van der Waals surface area contributed by atoms with E-state index < -0.39 is 29.2 Å². The second-order valence-electron chi connectivity index (χ2n) is 12.8. The van der Waals surface area contributed by atoms with Crippen LogP contribution in [0, 0.1) is 0 Å². The summed E-state index contributed by atoms with van der Waals surface area (Å²) in [4.78, 5) is 4.79. The largest absolute Gasteiger partial charge is 0.489 e. The van der Waals surface area contributed by atoms with Crippen LogP contribution in [-0.4, -0.2) is 35.0 Å². The molecule has 42 heavy (non-hydrogen) atoms. The Hall–Kier alpha value is -3.14. The van der Waals surface area contributed by atoms with Gasteiger partial charge in [-0.05, 0) is 67.2 Å².